The van der Waals surface area contributed by atoms with Crippen molar-refractivity contribution in [2.24, 2.45) is 13.0 Å². The molecule has 1 fully saturated rings. The Morgan fingerprint density at radius 3 is 2.62 bits per heavy atom. The number of hydrogen-bond acceptors (Lipinski definition) is 2. The zero-order valence-corrected chi connectivity index (χ0v) is 14.1. The molecule has 0 saturated heterocycles. The Labute approximate surface area is 140 Å². The molecule has 1 amide bonds. The fourth-order valence-electron chi connectivity index (χ4n) is 3.55. The summed E-state index contributed by atoms with van der Waals surface area (Å²) in [5.41, 5.74) is 0.285. The van der Waals surface area contributed by atoms with E-state index in [0.29, 0.717) is 24.3 Å². The van der Waals surface area contributed by atoms with Crippen LogP contribution in [0, 0.1) is 18.7 Å². The van der Waals surface area contributed by atoms with Gasteiger partial charge in [-0.15, -0.1) is 0 Å². The number of rotatable bonds is 3. The third-order valence-corrected chi connectivity index (χ3v) is 4.87. The number of pyridine rings is 1. The molecule has 5 heteroatoms. The van der Waals surface area contributed by atoms with Gasteiger partial charge in [-0.2, -0.15) is 0 Å². The van der Waals surface area contributed by atoms with Crippen LogP contribution in [-0.2, 0) is 12.6 Å². The summed E-state index contributed by atoms with van der Waals surface area (Å²) in [5.74, 6) is -0.391. The van der Waals surface area contributed by atoms with Gasteiger partial charge in [0.1, 0.15) is 11.4 Å². The van der Waals surface area contributed by atoms with Crippen LogP contribution in [0.5, 0.6) is 0 Å². The van der Waals surface area contributed by atoms with Gasteiger partial charge in [0, 0.05) is 30.6 Å². The van der Waals surface area contributed by atoms with Crippen LogP contribution >= 0.6 is 0 Å². The van der Waals surface area contributed by atoms with Crippen LogP contribution in [0.15, 0.2) is 41.3 Å². The number of nitrogens with zero attached hydrogens (tertiary/aromatic N) is 1. The van der Waals surface area contributed by atoms with Gasteiger partial charge in [-0.25, -0.2) is 4.39 Å². The van der Waals surface area contributed by atoms with Crippen molar-refractivity contribution in [1.29, 1.82) is 0 Å². The van der Waals surface area contributed by atoms with E-state index in [1.165, 1.54) is 18.3 Å². The summed E-state index contributed by atoms with van der Waals surface area (Å²) in [6, 6.07) is 7.94. The van der Waals surface area contributed by atoms with Crippen LogP contribution in [0.3, 0.4) is 0 Å². The Kier molecular flexibility index (Phi) is 4.03. The Morgan fingerprint density at radius 1 is 1.33 bits per heavy atom. The van der Waals surface area contributed by atoms with Gasteiger partial charge < -0.3 is 9.88 Å². The average Bonchev–Trinajstić information content (AvgIpc) is 2.49. The van der Waals surface area contributed by atoms with Crippen LogP contribution in [0.1, 0.15) is 41.4 Å². The molecule has 2 aromatic rings. The zero-order valence-electron chi connectivity index (χ0n) is 14.1. The molecule has 1 aromatic carbocycles. The van der Waals surface area contributed by atoms with Gasteiger partial charge in [-0.1, -0.05) is 25.1 Å². The molecular weight excluding hydrogens is 307 g/mol. The smallest absolute Gasteiger partial charge is 0.257 e. The maximum absolute atomic E-state index is 14.3. The number of halogens is 1. The molecule has 0 radical (unpaired) electrons. The molecule has 24 heavy (non-hydrogen) atoms. The van der Waals surface area contributed by atoms with E-state index < -0.39 is 11.4 Å². The van der Waals surface area contributed by atoms with Crippen LogP contribution in [-0.4, -0.2) is 10.5 Å². The number of aryl methyl sites for hydroxylation is 2. The largest absolute Gasteiger partial charge is 0.354 e. The van der Waals surface area contributed by atoms with E-state index in [1.54, 1.807) is 36.7 Å². The van der Waals surface area contributed by atoms with Crippen LogP contribution in [0.2, 0.25) is 0 Å². The Hall–Kier alpha value is -2.43. The molecule has 0 atom stereocenters. The monoisotopic (exact) mass is 328 g/mol. The molecule has 126 valence electrons. The first-order chi connectivity index (χ1) is 11.3. The van der Waals surface area contributed by atoms with Gasteiger partial charge in [0.2, 0.25) is 0 Å². The first kappa shape index (κ1) is 16.4. The molecule has 3 rings (SSSR count). The highest BCUT2D eigenvalue weighted by molar-refractivity contribution is 5.94. The van der Waals surface area contributed by atoms with E-state index in [0.717, 1.165) is 5.69 Å². The lowest BCUT2D eigenvalue weighted by atomic mass is 9.65. The van der Waals surface area contributed by atoms with Crippen molar-refractivity contribution >= 4 is 5.91 Å². The topological polar surface area (TPSA) is 51.1 Å². The number of hydrogen-bond donors (Lipinski definition) is 1. The van der Waals surface area contributed by atoms with Crippen molar-refractivity contribution < 1.29 is 9.18 Å². The second-order valence-corrected chi connectivity index (χ2v) is 6.83. The minimum Gasteiger partial charge on any atom is -0.354 e. The first-order valence-corrected chi connectivity index (χ1v) is 8.07. The van der Waals surface area contributed by atoms with Crippen molar-refractivity contribution in [3.8, 4) is 0 Å². The maximum atomic E-state index is 14.3. The zero-order chi connectivity index (χ0) is 17.5. The third-order valence-electron chi connectivity index (χ3n) is 4.87. The van der Waals surface area contributed by atoms with Crippen molar-refractivity contribution in [1.82, 2.24) is 9.88 Å². The molecule has 1 aromatic heterocycles. The standard InChI is InChI=1S/C19H21FN2O2/c1-12-9-19(10-12,15-6-4-5-7-16(15)20)21-18(24)14-11-22(3)13(2)8-17(14)23/h4-8,11-12H,9-10H2,1-3H3,(H,21,24). The minimum absolute atomic E-state index is 0.0818. The lowest BCUT2D eigenvalue weighted by Gasteiger charge is -2.47. The molecule has 1 aliphatic carbocycles. The summed E-state index contributed by atoms with van der Waals surface area (Å²) in [7, 11) is 1.78. The molecule has 1 saturated carbocycles. The third kappa shape index (κ3) is 2.75. The lowest BCUT2D eigenvalue weighted by Crippen LogP contribution is -2.55. The van der Waals surface area contributed by atoms with Gasteiger partial charge in [-0.05, 0) is 31.7 Å². The summed E-state index contributed by atoms with van der Waals surface area (Å²) >= 11 is 0. The Balaban J connectivity index is 1.96. The molecular formula is C19H21FN2O2. The molecule has 1 N–H and O–H groups in total. The normalized spacial score (nSPS) is 22.8. The second-order valence-electron chi connectivity index (χ2n) is 6.83. The SMILES string of the molecule is Cc1cc(=O)c(C(=O)NC2(c3ccccc3F)CC(C)C2)cn1C. The fourth-order valence-corrected chi connectivity index (χ4v) is 3.55. The summed E-state index contributed by atoms with van der Waals surface area (Å²) in [6.07, 6.45) is 2.85. The van der Waals surface area contributed by atoms with Crippen molar-refractivity contribution in [2.75, 3.05) is 0 Å². The van der Waals surface area contributed by atoms with Crippen LogP contribution < -0.4 is 10.7 Å². The van der Waals surface area contributed by atoms with Crippen LogP contribution in [0.25, 0.3) is 0 Å². The highest BCUT2D eigenvalue weighted by Gasteiger charge is 2.46. The summed E-state index contributed by atoms with van der Waals surface area (Å²) in [4.78, 5) is 24.8. The number of benzene rings is 1. The minimum atomic E-state index is -0.738. The molecule has 0 unspecified atom stereocenters. The summed E-state index contributed by atoms with van der Waals surface area (Å²) < 4.78 is 16.0. The van der Waals surface area contributed by atoms with Crippen LogP contribution in [0.4, 0.5) is 4.39 Å². The quantitative estimate of drug-likeness (QED) is 0.942. The fraction of sp³-hybridized carbons (Fsp3) is 0.368. The number of amides is 1. The second kappa shape index (κ2) is 5.89. The van der Waals surface area contributed by atoms with Crippen molar-refractivity contribution in [3.63, 3.8) is 0 Å². The van der Waals surface area contributed by atoms with Crippen molar-refractivity contribution in [3.05, 3.63) is 69.4 Å². The van der Waals surface area contributed by atoms with E-state index in [1.807, 2.05) is 0 Å². The van der Waals surface area contributed by atoms with Gasteiger partial charge in [0.05, 0.1) is 5.54 Å². The van der Waals surface area contributed by atoms with Gasteiger partial charge >= 0.3 is 0 Å². The van der Waals surface area contributed by atoms with E-state index >= 15 is 0 Å². The number of carbonyl (C=O) groups is 1. The van der Waals surface area contributed by atoms with Crippen molar-refractivity contribution in [2.45, 2.75) is 32.2 Å². The number of nitrogens with one attached hydrogen (secondary N) is 1. The predicted molar refractivity (Wildman–Crippen MR) is 90.4 cm³/mol. The molecule has 0 spiro atoms. The lowest BCUT2D eigenvalue weighted by molar-refractivity contribution is 0.0700. The van der Waals surface area contributed by atoms with Gasteiger partial charge in [0.25, 0.3) is 5.91 Å². The van der Waals surface area contributed by atoms with E-state index in [2.05, 4.69) is 12.2 Å². The number of carbonyl (C=O) groups excluding carboxylic acids is 1. The van der Waals surface area contributed by atoms with E-state index in [9.17, 15) is 14.0 Å². The van der Waals surface area contributed by atoms with Gasteiger partial charge in [-0.3, -0.25) is 9.59 Å². The van der Waals surface area contributed by atoms with E-state index in [-0.39, 0.29) is 16.8 Å². The molecule has 1 aliphatic rings. The highest BCUT2D eigenvalue weighted by Crippen LogP contribution is 2.46. The number of aromatic nitrogens is 1. The first-order valence-electron chi connectivity index (χ1n) is 8.07. The Morgan fingerprint density at radius 2 is 2.00 bits per heavy atom. The van der Waals surface area contributed by atoms with E-state index in [4.69, 9.17) is 0 Å². The average molecular weight is 328 g/mol. The highest BCUT2D eigenvalue weighted by atomic mass is 19.1. The predicted octanol–water partition coefficient (Wildman–Crippen LogP) is 2.89. The summed E-state index contributed by atoms with van der Waals surface area (Å²) in [6.45, 7) is 3.87. The summed E-state index contributed by atoms with van der Waals surface area (Å²) in [5, 5.41) is 2.93. The maximum Gasteiger partial charge on any atom is 0.257 e. The Bertz CT molecular complexity index is 851. The molecule has 1 heterocycles. The molecule has 4 nitrogen and oxygen atoms in total. The molecule has 0 bridgehead atoms. The van der Waals surface area contributed by atoms with Gasteiger partial charge in [0.15, 0.2) is 5.43 Å². The molecule has 0 aliphatic heterocycles.